The van der Waals surface area contributed by atoms with Gasteiger partial charge >= 0.3 is 5.97 Å². The zero-order chi connectivity index (χ0) is 12.3. The maximum absolute atomic E-state index is 11.3. The molecule has 0 aliphatic rings. The van der Waals surface area contributed by atoms with Crippen LogP contribution in [0.25, 0.3) is 0 Å². The summed E-state index contributed by atoms with van der Waals surface area (Å²) in [7, 11) is 2.37. The minimum absolute atomic E-state index is 0.0764. The normalized spacial score (nSPS) is 9.62. The number of aldehydes is 1. The lowest BCUT2D eigenvalue weighted by molar-refractivity contribution is 0.0593. The number of hydrogen-bond acceptors (Lipinski definition) is 6. The molecule has 0 amide bonds. The molecule has 0 bridgehead atoms. The molecule has 0 aromatic heterocycles. The summed E-state index contributed by atoms with van der Waals surface area (Å²) in [5, 5.41) is 19.0. The quantitative estimate of drug-likeness (QED) is 0.582. The van der Waals surface area contributed by atoms with Gasteiger partial charge in [0.05, 0.1) is 19.8 Å². The first-order valence-corrected chi connectivity index (χ1v) is 4.23. The van der Waals surface area contributed by atoms with Crippen molar-refractivity contribution in [2.75, 3.05) is 14.2 Å². The summed E-state index contributed by atoms with van der Waals surface area (Å²) < 4.78 is 9.22. The highest BCUT2D eigenvalue weighted by molar-refractivity contribution is 6.00. The zero-order valence-electron chi connectivity index (χ0n) is 8.68. The van der Waals surface area contributed by atoms with Crippen molar-refractivity contribution >= 4 is 12.3 Å². The second-order valence-corrected chi connectivity index (χ2v) is 2.84. The van der Waals surface area contributed by atoms with Crippen LogP contribution in [0.15, 0.2) is 6.07 Å². The van der Waals surface area contributed by atoms with Crippen LogP contribution in [0.5, 0.6) is 17.2 Å². The van der Waals surface area contributed by atoms with E-state index in [1.54, 1.807) is 0 Å². The van der Waals surface area contributed by atoms with E-state index < -0.39 is 17.5 Å². The Hall–Kier alpha value is -2.24. The lowest BCUT2D eigenvalue weighted by atomic mass is 10.1. The van der Waals surface area contributed by atoms with E-state index in [1.807, 2.05) is 0 Å². The minimum Gasteiger partial charge on any atom is -0.507 e. The third-order valence-corrected chi connectivity index (χ3v) is 2.01. The molecule has 0 atom stereocenters. The van der Waals surface area contributed by atoms with Crippen LogP contribution in [-0.2, 0) is 4.74 Å². The van der Waals surface area contributed by atoms with Crippen LogP contribution in [0.2, 0.25) is 0 Å². The molecule has 2 N–H and O–H groups in total. The maximum Gasteiger partial charge on any atom is 0.345 e. The van der Waals surface area contributed by atoms with E-state index in [-0.39, 0.29) is 23.2 Å². The fourth-order valence-electron chi connectivity index (χ4n) is 1.22. The number of methoxy groups -OCH3 is 2. The molecule has 0 saturated heterocycles. The number of hydrogen-bond donors (Lipinski definition) is 2. The minimum atomic E-state index is -0.863. The summed E-state index contributed by atoms with van der Waals surface area (Å²) in [6.07, 6.45) is 0.233. The average molecular weight is 226 g/mol. The number of ether oxygens (including phenoxy) is 2. The molecule has 6 nitrogen and oxygen atoms in total. The Kier molecular flexibility index (Phi) is 3.34. The van der Waals surface area contributed by atoms with Gasteiger partial charge in [0, 0.05) is 6.07 Å². The second kappa shape index (κ2) is 4.52. The molecule has 6 heteroatoms. The number of esters is 1. The summed E-state index contributed by atoms with van der Waals surface area (Å²) in [5.41, 5.74) is -0.689. The molecule has 0 radical (unpaired) electrons. The number of aromatic hydroxyl groups is 2. The molecule has 0 aliphatic carbocycles. The van der Waals surface area contributed by atoms with Crippen LogP contribution < -0.4 is 4.74 Å². The van der Waals surface area contributed by atoms with E-state index in [4.69, 9.17) is 4.74 Å². The van der Waals surface area contributed by atoms with Crippen LogP contribution in [0, 0.1) is 0 Å². The molecular weight excluding hydrogens is 216 g/mol. The standard InChI is InChI=1S/C10H10O6/c1-15-7-3-6(12)5(4-11)9(13)8(7)10(14)16-2/h3-4,12-13H,1-2H3. The Morgan fingerprint density at radius 1 is 1.38 bits per heavy atom. The Morgan fingerprint density at radius 2 is 2.00 bits per heavy atom. The molecule has 0 aliphatic heterocycles. The number of phenolic OH excluding ortho intramolecular Hbond substituents is 2. The van der Waals surface area contributed by atoms with E-state index in [0.717, 1.165) is 13.2 Å². The van der Waals surface area contributed by atoms with Crippen LogP contribution in [-0.4, -0.2) is 36.7 Å². The highest BCUT2D eigenvalue weighted by Gasteiger charge is 2.23. The summed E-state index contributed by atoms with van der Waals surface area (Å²) in [5.74, 6) is -2.08. The van der Waals surface area contributed by atoms with E-state index in [2.05, 4.69) is 4.74 Å². The van der Waals surface area contributed by atoms with Gasteiger partial charge in [-0.3, -0.25) is 4.79 Å². The average Bonchev–Trinajstić information content (AvgIpc) is 2.27. The number of benzene rings is 1. The molecule has 0 spiro atoms. The largest absolute Gasteiger partial charge is 0.507 e. The van der Waals surface area contributed by atoms with E-state index in [0.29, 0.717) is 0 Å². The summed E-state index contributed by atoms with van der Waals surface area (Å²) in [4.78, 5) is 21.9. The molecule has 0 unspecified atom stereocenters. The van der Waals surface area contributed by atoms with Gasteiger partial charge in [0.15, 0.2) is 6.29 Å². The van der Waals surface area contributed by atoms with Gasteiger partial charge in [0.25, 0.3) is 0 Å². The predicted octanol–water partition coefficient (Wildman–Crippen LogP) is 0.705. The van der Waals surface area contributed by atoms with E-state index in [9.17, 15) is 19.8 Å². The SMILES string of the molecule is COC(=O)c1c(OC)cc(O)c(C=O)c1O. The van der Waals surface area contributed by atoms with Crippen LogP contribution in [0.4, 0.5) is 0 Å². The van der Waals surface area contributed by atoms with Crippen LogP contribution in [0.1, 0.15) is 20.7 Å². The Balaban J connectivity index is 3.55. The van der Waals surface area contributed by atoms with Gasteiger partial charge in [-0.05, 0) is 0 Å². The van der Waals surface area contributed by atoms with Gasteiger partial charge in [-0.15, -0.1) is 0 Å². The Labute approximate surface area is 91.0 Å². The van der Waals surface area contributed by atoms with Gasteiger partial charge in [-0.2, -0.15) is 0 Å². The Bertz CT molecular complexity index is 437. The Morgan fingerprint density at radius 3 is 2.44 bits per heavy atom. The molecule has 16 heavy (non-hydrogen) atoms. The first-order chi connectivity index (χ1) is 7.56. The monoisotopic (exact) mass is 226 g/mol. The van der Waals surface area contributed by atoms with Crippen LogP contribution in [0.3, 0.4) is 0 Å². The first-order valence-electron chi connectivity index (χ1n) is 4.23. The maximum atomic E-state index is 11.3. The summed E-state index contributed by atoms with van der Waals surface area (Å²) in [6, 6.07) is 1.05. The van der Waals surface area contributed by atoms with Gasteiger partial charge in [-0.25, -0.2) is 4.79 Å². The highest BCUT2D eigenvalue weighted by Crippen LogP contribution is 2.37. The molecule has 1 rings (SSSR count). The lowest BCUT2D eigenvalue weighted by Crippen LogP contribution is -2.06. The summed E-state index contributed by atoms with van der Waals surface area (Å²) >= 11 is 0. The van der Waals surface area contributed by atoms with Crippen molar-refractivity contribution in [1.82, 2.24) is 0 Å². The number of carbonyl (C=O) groups excluding carboxylic acids is 2. The fraction of sp³-hybridized carbons (Fsp3) is 0.200. The predicted molar refractivity (Wildman–Crippen MR) is 53.1 cm³/mol. The zero-order valence-corrected chi connectivity index (χ0v) is 8.68. The number of rotatable bonds is 3. The van der Waals surface area contributed by atoms with E-state index in [1.165, 1.54) is 7.11 Å². The fourth-order valence-corrected chi connectivity index (χ4v) is 1.22. The van der Waals surface area contributed by atoms with Crippen molar-refractivity contribution < 1.29 is 29.3 Å². The smallest absolute Gasteiger partial charge is 0.345 e. The number of phenols is 2. The van der Waals surface area contributed by atoms with Gasteiger partial charge in [0.2, 0.25) is 0 Å². The molecule has 1 aromatic carbocycles. The molecule has 0 fully saturated rings. The third kappa shape index (κ3) is 1.77. The first kappa shape index (κ1) is 11.8. The van der Waals surface area contributed by atoms with Crippen molar-refractivity contribution in [1.29, 1.82) is 0 Å². The van der Waals surface area contributed by atoms with Crippen molar-refractivity contribution in [2.24, 2.45) is 0 Å². The highest BCUT2D eigenvalue weighted by atomic mass is 16.5. The van der Waals surface area contributed by atoms with Crippen molar-refractivity contribution in [3.05, 3.63) is 17.2 Å². The second-order valence-electron chi connectivity index (χ2n) is 2.84. The molecule has 0 heterocycles. The number of carbonyl (C=O) groups is 2. The lowest BCUT2D eigenvalue weighted by Gasteiger charge is -2.11. The van der Waals surface area contributed by atoms with Crippen molar-refractivity contribution in [2.45, 2.75) is 0 Å². The molecule has 1 aromatic rings. The molecular formula is C10H10O6. The molecule has 0 saturated carbocycles. The van der Waals surface area contributed by atoms with Gasteiger partial charge in [-0.1, -0.05) is 0 Å². The third-order valence-electron chi connectivity index (χ3n) is 2.01. The van der Waals surface area contributed by atoms with Gasteiger partial charge in [0.1, 0.15) is 22.8 Å². The van der Waals surface area contributed by atoms with Crippen LogP contribution >= 0.6 is 0 Å². The van der Waals surface area contributed by atoms with Crippen molar-refractivity contribution in [3.63, 3.8) is 0 Å². The van der Waals surface area contributed by atoms with Gasteiger partial charge < -0.3 is 19.7 Å². The molecule has 86 valence electrons. The summed E-state index contributed by atoms with van der Waals surface area (Å²) in [6.45, 7) is 0. The topological polar surface area (TPSA) is 93.1 Å². The van der Waals surface area contributed by atoms with E-state index >= 15 is 0 Å². The van der Waals surface area contributed by atoms with Crippen molar-refractivity contribution in [3.8, 4) is 17.2 Å².